The third-order valence-corrected chi connectivity index (χ3v) is 2.94. The second-order valence-corrected chi connectivity index (χ2v) is 4.37. The molecule has 1 saturated heterocycles. The lowest BCUT2D eigenvalue weighted by molar-refractivity contribution is 0.822. The van der Waals surface area contributed by atoms with E-state index in [2.05, 4.69) is 6.92 Å². The fourth-order valence-electron chi connectivity index (χ4n) is 0.754. The highest BCUT2D eigenvalue weighted by atomic mass is 35.5. The molecular weight excluding hydrogens is 128 g/mol. The normalized spacial score (nSPS) is 42.0. The summed E-state index contributed by atoms with van der Waals surface area (Å²) in [6.45, 7) is 2.23. The molecule has 0 bridgehead atoms. The summed E-state index contributed by atoms with van der Waals surface area (Å²) >= 11 is 7.66. The Morgan fingerprint density at radius 2 is 2.29 bits per heavy atom. The third kappa shape index (κ3) is 1.54. The Morgan fingerprint density at radius 1 is 1.57 bits per heavy atom. The van der Waals surface area contributed by atoms with E-state index in [1.807, 2.05) is 11.8 Å². The first-order valence-electron chi connectivity index (χ1n) is 2.58. The summed E-state index contributed by atoms with van der Waals surface area (Å²) in [6.07, 6.45) is 2.51. The average Bonchev–Trinajstić information content (AvgIpc) is 1.87. The minimum absolute atomic E-state index is 0.412. The number of alkyl halides is 1. The van der Waals surface area contributed by atoms with E-state index in [0.717, 1.165) is 5.25 Å². The number of rotatable bonds is 0. The Kier molecular flexibility index (Phi) is 1.87. The molecule has 0 saturated carbocycles. The molecule has 1 aliphatic heterocycles. The van der Waals surface area contributed by atoms with Crippen molar-refractivity contribution in [2.45, 2.75) is 29.7 Å². The van der Waals surface area contributed by atoms with E-state index in [1.165, 1.54) is 12.8 Å². The van der Waals surface area contributed by atoms with E-state index in [-0.39, 0.29) is 0 Å². The third-order valence-electron chi connectivity index (χ3n) is 1.18. The first-order chi connectivity index (χ1) is 3.29. The monoisotopic (exact) mass is 136 g/mol. The van der Waals surface area contributed by atoms with Crippen LogP contribution in [0.3, 0.4) is 0 Å². The summed E-state index contributed by atoms with van der Waals surface area (Å²) < 4.78 is 0.412. The Bertz CT molecular complexity index is 57.1. The molecule has 0 N–H and O–H groups in total. The lowest BCUT2D eigenvalue weighted by Gasteiger charge is -1.95. The molecule has 2 unspecified atom stereocenters. The van der Waals surface area contributed by atoms with E-state index in [1.54, 1.807) is 0 Å². The van der Waals surface area contributed by atoms with Crippen molar-refractivity contribution in [1.29, 1.82) is 0 Å². The van der Waals surface area contributed by atoms with Crippen molar-refractivity contribution in [2.75, 3.05) is 0 Å². The molecule has 1 fully saturated rings. The van der Waals surface area contributed by atoms with Crippen LogP contribution in [0, 0.1) is 0 Å². The summed E-state index contributed by atoms with van der Waals surface area (Å²) in [5, 5.41) is 0.808. The predicted octanol–water partition coefficient (Wildman–Crippen LogP) is 2.47. The van der Waals surface area contributed by atoms with Crippen molar-refractivity contribution in [3.05, 3.63) is 0 Å². The second kappa shape index (κ2) is 2.27. The minimum Gasteiger partial charge on any atom is -0.139 e. The summed E-state index contributed by atoms with van der Waals surface area (Å²) in [7, 11) is 0. The highest BCUT2D eigenvalue weighted by molar-refractivity contribution is 8.01. The molecule has 7 heavy (non-hydrogen) atoms. The Morgan fingerprint density at radius 3 is 2.43 bits per heavy atom. The van der Waals surface area contributed by atoms with Crippen molar-refractivity contribution in [1.82, 2.24) is 0 Å². The van der Waals surface area contributed by atoms with Gasteiger partial charge in [0.1, 0.15) is 0 Å². The van der Waals surface area contributed by atoms with Gasteiger partial charge in [-0.2, -0.15) is 0 Å². The van der Waals surface area contributed by atoms with Gasteiger partial charge in [-0.15, -0.1) is 23.4 Å². The van der Waals surface area contributed by atoms with Gasteiger partial charge in [-0.05, 0) is 12.8 Å². The first-order valence-corrected chi connectivity index (χ1v) is 3.96. The van der Waals surface area contributed by atoms with E-state index >= 15 is 0 Å². The van der Waals surface area contributed by atoms with Gasteiger partial charge in [0, 0.05) is 5.25 Å². The van der Waals surface area contributed by atoms with Crippen LogP contribution in [0.4, 0.5) is 0 Å². The Balaban J connectivity index is 2.26. The molecule has 0 spiro atoms. The molecule has 0 aromatic rings. The van der Waals surface area contributed by atoms with Gasteiger partial charge in [0.15, 0.2) is 0 Å². The van der Waals surface area contributed by atoms with Gasteiger partial charge in [-0.1, -0.05) is 6.92 Å². The summed E-state index contributed by atoms with van der Waals surface area (Å²) in [4.78, 5) is 0. The number of thioether (sulfide) groups is 1. The molecule has 42 valence electrons. The fraction of sp³-hybridized carbons (Fsp3) is 1.00. The quantitative estimate of drug-likeness (QED) is 0.461. The molecule has 2 heteroatoms. The Labute approximate surface area is 53.6 Å². The van der Waals surface area contributed by atoms with Crippen LogP contribution in [-0.2, 0) is 0 Å². The van der Waals surface area contributed by atoms with Crippen LogP contribution < -0.4 is 0 Å². The van der Waals surface area contributed by atoms with Gasteiger partial charge in [0.2, 0.25) is 0 Å². The van der Waals surface area contributed by atoms with E-state index in [9.17, 15) is 0 Å². The molecule has 0 nitrogen and oxygen atoms in total. The van der Waals surface area contributed by atoms with Crippen LogP contribution in [0.5, 0.6) is 0 Å². The summed E-state index contributed by atoms with van der Waals surface area (Å²) in [6, 6.07) is 0. The SMILES string of the molecule is CC1CCC(Cl)S1. The molecule has 2 atom stereocenters. The van der Waals surface area contributed by atoms with Gasteiger partial charge in [0.05, 0.1) is 4.71 Å². The fourth-order valence-corrected chi connectivity index (χ4v) is 2.46. The van der Waals surface area contributed by atoms with Crippen molar-refractivity contribution in [2.24, 2.45) is 0 Å². The Hall–Kier alpha value is 0.640. The van der Waals surface area contributed by atoms with Crippen LogP contribution in [-0.4, -0.2) is 9.96 Å². The zero-order valence-corrected chi connectivity index (χ0v) is 5.93. The molecule has 1 aliphatic rings. The summed E-state index contributed by atoms with van der Waals surface area (Å²) in [5.41, 5.74) is 0. The molecule has 0 amide bonds. The van der Waals surface area contributed by atoms with E-state index in [4.69, 9.17) is 11.6 Å². The number of hydrogen-bond donors (Lipinski definition) is 0. The largest absolute Gasteiger partial charge is 0.139 e. The van der Waals surface area contributed by atoms with Crippen LogP contribution in [0.1, 0.15) is 19.8 Å². The van der Waals surface area contributed by atoms with Crippen LogP contribution >= 0.6 is 23.4 Å². The topological polar surface area (TPSA) is 0 Å². The minimum atomic E-state index is 0.412. The molecule has 0 aliphatic carbocycles. The maximum atomic E-state index is 5.77. The standard InChI is InChI=1S/C5H9ClS/c1-4-2-3-5(6)7-4/h4-5H,2-3H2,1H3. The van der Waals surface area contributed by atoms with Gasteiger partial charge >= 0.3 is 0 Å². The molecule has 0 aromatic carbocycles. The number of halogens is 1. The van der Waals surface area contributed by atoms with Gasteiger partial charge in [0.25, 0.3) is 0 Å². The van der Waals surface area contributed by atoms with Crippen molar-refractivity contribution in [3.8, 4) is 0 Å². The zero-order chi connectivity index (χ0) is 5.28. The van der Waals surface area contributed by atoms with Crippen LogP contribution in [0.15, 0.2) is 0 Å². The van der Waals surface area contributed by atoms with Crippen molar-refractivity contribution >= 4 is 23.4 Å². The second-order valence-electron chi connectivity index (χ2n) is 1.93. The first kappa shape index (κ1) is 5.77. The molecule has 1 rings (SSSR count). The zero-order valence-electron chi connectivity index (χ0n) is 4.36. The molecule has 0 aromatic heterocycles. The van der Waals surface area contributed by atoms with Crippen molar-refractivity contribution < 1.29 is 0 Å². The van der Waals surface area contributed by atoms with Gasteiger partial charge in [-0.3, -0.25) is 0 Å². The van der Waals surface area contributed by atoms with Crippen LogP contribution in [0.25, 0.3) is 0 Å². The van der Waals surface area contributed by atoms with E-state index in [0.29, 0.717) is 4.71 Å². The highest BCUT2D eigenvalue weighted by Crippen LogP contribution is 2.35. The molecular formula is C5H9ClS. The molecule has 0 radical (unpaired) electrons. The van der Waals surface area contributed by atoms with Gasteiger partial charge in [-0.25, -0.2) is 0 Å². The smallest absolute Gasteiger partial charge is 0.0791 e. The average molecular weight is 137 g/mol. The van der Waals surface area contributed by atoms with Crippen LogP contribution in [0.2, 0.25) is 0 Å². The van der Waals surface area contributed by atoms with Gasteiger partial charge < -0.3 is 0 Å². The van der Waals surface area contributed by atoms with Crippen molar-refractivity contribution in [3.63, 3.8) is 0 Å². The molecule has 1 heterocycles. The highest BCUT2D eigenvalue weighted by Gasteiger charge is 2.18. The maximum Gasteiger partial charge on any atom is 0.0791 e. The lowest BCUT2D eigenvalue weighted by atomic mass is 10.3. The number of hydrogen-bond acceptors (Lipinski definition) is 1. The lowest BCUT2D eigenvalue weighted by Crippen LogP contribution is -1.82. The maximum absolute atomic E-state index is 5.77. The summed E-state index contributed by atoms with van der Waals surface area (Å²) in [5.74, 6) is 0. The predicted molar refractivity (Wildman–Crippen MR) is 35.9 cm³/mol. The van der Waals surface area contributed by atoms with E-state index < -0.39 is 0 Å².